The van der Waals surface area contributed by atoms with Gasteiger partial charge in [-0.2, -0.15) is 10.2 Å². The van der Waals surface area contributed by atoms with Crippen LogP contribution in [0.25, 0.3) is 0 Å². The Balaban J connectivity index is 2.33. The number of nitrogens with zero attached hydrogens (tertiary/aromatic N) is 2. The molecule has 0 aromatic carbocycles. The highest BCUT2D eigenvalue weighted by molar-refractivity contribution is 5.46. The second-order valence-corrected chi connectivity index (χ2v) is 2.78. The van der Waals surface area contributed by atoms with Crippen molar-refractivity contribution in [3.63, 3.8) is 0 Å². The van der Waals surface area contributed by atoms with Crippen LogP contribution in [0.2, 0.25) is 0 Å². The lowest BCUT2D eigenvalue weighted by Gasteiger charge is -2.02. The third-order valence-corrected chi connectivity index (χ3v) is 1.95. The van der Waals surface area contributed by atoms with Crippen LogP contribution in [0.5, 0.6) is 0 Å². The smallest absolute Gasteiger partial charge is 0.0861 e. The van der Waals surface area contributed by atoms with Crippen molar-refractivity contribution in [1.29, 1.82) is 0 Å². The van der Waals surface area contributed by atoms with Crippen molar-refractivity contribution in [2.24, 2.45) is 0 Å². The van der Waals surface area contributed by atoms with E-state index in [1.54, 1.807) is 6.20 Å². The Morgan fingerprint density at radius 3 is 3.36 bits per heavy atom. The van der Waals surface area contributed by atoms with Crippen molar-refractivity contribution < 1.29 is 0 Å². The van der Waals surface area contributed by atoms with Gasteiger partial charge < -0.3 is 5.32 Å². The molecule has 0 fully saturated rings. The summed E-state index contributed by atoms with van der Waals surface area (Å²) in [6.07, 6.45) is 5.25. The van der Waals surface area contributed by atoms with E-state index in [0.717, 1.165) is 24.3 Å². The van der Waals surface area contributed by atoms with Crippen LogP contribution in [-0.2, 0) is 6.42 Å². The van der Waals surface area contributed by atoms with Gasteiger partial charge >= 0.3 is 0 Å². The molecular weight excluding hydrogens is 138 g/mol. The molecule has 0 radical (unpaired) electrons. The van der Waals surface area contributed by atoms with Crippen LogP contribution in [0.4, 0.5) is 5.69 Å². The van der Waals surface area contributed by atoms with Gasteiger partial charge in [0.25, 0.3) is 0 Å². The van der Waals surface area contributed by atoms with E-state index in [9.17, 15) is 0 Å². The molecule has 0 unspecified atom stereocenters. The van der Waals surface area contributed by atoms with E-state index in [4.69, 9.17) is 0 Å². The first-order valence-electron chi connectivity index (χ1n) is 4.01. The van der Waals surface area contributed by atoms with Crippen LogP contribution >= 0.6 is 0 Å². The zero-order valence-corrected chi connectivity index (χ0v) is 6.38. The zero-order chi connectivity index (χ0) is 7.52. The van der Waals surface area contributed by atoms with Crippen molar-refractivity contribution in [2.75, 3.05) is 11.9 Å². The number of nitrogens with one attached hydrogen (secondary N) is 1. The van der Waals surface area contributed by atoms with Crippen LogP contribution in [0, 0.1) is 0 Å². The highest BCUT2D eigenvalue weighted by Gasteiger charge is 2.06. The van der Waals surface area contributed by atoms with Gasteiger partial charge in [0.15, 0.2) is 0 Å². The van der Waals surface area contributed by atoms with Crippen LogP contribution in [-0.4, -0.2) is 16.7 Å². The van der Waals surface area contributed by atoms with Gasteiger partial charge in [-0.05, 0) is 25.3 Å². The summed E-state index contributed by atoms with van der Waals surface area (Å²) >= 11 is 0. The fraction of sp³-hybridized carbons (Fsp3) is 0.500. The normalized spacial score (nSPS) is 16.4. The van der Waals surface area contributed by atoms with E-state index in [2.05, 4.69) is 15.5 Å². The fourth-order valence-corrected chi connectivity index (χ4v) is 1.35. The molecule has 11 heavy (non-hydrogen) atoms. The maximum absolute atomic E-state index is 4.07. The summed E-state index contributed by atoms with van der Waals surface area (Å²) < 4.78 is 0. The predicted molar refractivity (Wildman–Crippen MR) is 43.5 cm³/mol. The summed E-state index contributed by atoms with van der Waals surface area (Å²) in [6.45, 7) is 1.07. The molecule has 2 rings (SSSR count). The quantitative estimate of drug-likeness (QED) is 0.602. The topological polar surface area (TPSA) is 37.8 Å². The van der Waals surface area contributed by atoms with Crippen molar-refractivity contribution in [2.45, 2.75) is 19.3 Å². The van der Waals surface area contributed by atoms with Gasteiger partial charge in [-0.25, -0.2) is 0 Å². The van der Waals surface area contributed by atoms with Crippen molar-refractivity contribution in [3.8, 4) is 0 Å². The Hall–Kier alpha value is -1.12. The Morgan fingerprint density at radius 1 is 1.36 bits per heavy atom. The monoisotopic (exact) mass is 149 g/mol. The zero-order valence-electron chi connectivity index (χ0n) is 6.38. The summed E-state index contributed by atoms with van der Waals surface area (Å²) in [5.41, 5.74) is 2.28. The van der Waals surface area contributed by atoms with Gasteiger partial charge in [0, 0.05) is 6.54 Å². The number of rotatable bonds is 0. The van der Waals surface area contributed by atoms with Gasteiger partial charge in [-0.3, -0.25) is 0 Å². The van der Waals surface area contributed by atoms with E-state index in [-0.39, 0.29) is 0 Å². The molecule has 0 saturated carbocycles. The third kappa shape index (κ3) is 1.31. The number of aromatic nitrogens is 2. The average Bonchev–Trinajstić information content (AvgIpc) is 2.28. The number of aryl methyl sites for hydroxylation is 1. The number of fused-ring (bicyclic) bond motifs is 1. The van der Waals surface area contributed by atoms with Gasteiger partial charge in [-0.1, -0.05) is 0 Å². The van der Waals surface area contributed by atoms with Crippen molar-refractivity contribution >= 4 is 5.69 Å². The highest BCUT2D eigenvalue weighted by Crippen LogP contribution is 2.16. The summed E-state index contributed by atoms with van der Waals surface area (Å²) in [7, 11) is 0. The minimum Gasteiger partial charge on any atom is -0.383 e. The lowest BCUT2D eigenvalue weighted by molar-refractivity contribution is 0.763. The molecule has 0 aliphatic carbocycles. The fourth-order valence-electron chi connectivity index (χ4n) is 1.35. The van der Waals surface area contributed by atoms with Crippen LogP contribution < -0.4 is 5.32 Å². The van der Waals surface area contributed by atoms with Crippen molar-refractivity contribution in [3.05, 3.63) is 18.0 Å². The molecule has 3 heteroatoms. The number of hydrogen-bond acceptors (Lipinski definition) is 3. The van der Waals surface area contributed by atoms with E-state index in [1.807, 2.05) is 6.07 Å². The van der Waals surface area contributed by atoms with E-state index in [0.29, 0.717) is 0 Å². The van der Waals surface area contributed by atoms with Crippen LogP contribution in [0.15, 0.2) is 12.3 Å². The molecular formula is C8H11N3. The molecule has 1 aromatic rings. The molecule has 58 valence electrons. The minimum absolute atomic E-state index is 1.07. The van der Waals surface area contributed by atoms with Crippen LogP contribution in [0.3, 0.4) is 0 Å². The SMILES string of the molecule is c1cc2c(nn1)CCCCN2. The Kier molecular flexibility index (Phi) is 1.71. The Bertz CT molecular complexity index is 222. The lowest BCUT2D eigenvalue weighted by atomic mass is 10.2. The average molecular weight is 149 g/mol. The maximum Gasteiger partial charge on any atom is 0.0861 e. The Morgan fingerprint density at radius 2 is 2.36 bits per heavy atom. The largest absolute Gasteiger partial charge is 0.383 e. The first-order valence-corrected chi connectivity index (χ1v) is 4.01. The summed E-state index contributed by atoms with van der Waals surface area (Å²) in [5, 5.41) is 11.2. The molecule has 1 aliphatic heterocycles. The Labute approximate surface area is 65.8 Å². The predicted octanol–water partition coefficient (Wildman–Crippen LogP) is 1.22. The van der Waals surface area contributed by atoms with Crippen LogP contribution in [0.1, 0.15) is 18.5 Å². The van der Waals surface area contributed by atoms with E-state index in [1.165, 1.54) is 12.8 Å². The number of anilines is 1. The molecule has 1 aliphatic rings. The van der Waals surface area contributed by atoms with Gasteiger partial charge in [0.2, 0.25) is 0 Å². The van der Waals surface area contributed by atoms with Crippen molar-refractivity contribution in [1.82, 2.24) is 10.2 Å². The summed E-state index contributed by atoms with van der Waals surface area (Å²) in [5.74, 6) is 0. The molecule has 0 bridgehead atoms. The first kappa shape index (κ1) is 6.58. The molecule has 2 heterocycles. The lowest BCUT2D eigenvalue weighted by Crippen LogP contribution is -2.00. The molecule has 1 N–H and O–H groups in total. The van der Waals surface area contributed by atoms with E-state index < -0.39 is 0 Å². The highest BCUT2D eigenvalue weighted by atomic mass is 15.1. The summed E-state index contributed by atoms with van der Waals surface area (Å²) in [6, 6.07) is 1.99. The molecule has 3 nitrogen and oxygen atoms in total. The molecule has 0 saturated heterocycles. The molecule has 0 spiro atoms. The van der Waals surface area contributed by atoms with E-state index >= 15 is 0 Å². The summed E-state index contributed by atoms with van der Waals surface area (Å²) in [4.78, 5) is 0. The second kappa shape index (κ2) is 2.86. The van der Waals surface area contributed by atoms with Gasteiger partial charge in [0.1, 0.15) is 0 Å². The standard InChI is InChI=1S/C8H11N3/c1-2-5-9-7-4-6-10-11-8(7)3-1/h4,6,9H,1-3,5H2. The second-order valence-electron chi connectivity index (χ2n) is 2.78. The third-order valence-electron chi connectivity index (χ3n) is 1.95. The van der Waals surface area contributed by atoms with Gasteiger partial charge in [-0.15, -0.1) is 0 Å². The first-order chi connectivity index (χ1) is 5.47. The number of hydrogen-bond donors (Lipinski definition) is 1. The molecule has 1 aromatic heterocycles. The maximum atomic E-state index is 4.07. The minimum atomic E-state index is 1.07. The van der Waals surface area contributed by atoms with Gasteiger partial charge in [0.05, 0.1) is 17.6 Å². The molecule has 0 amide bonds. The molecule has 0 atom stereocenters.